The zero-order valence-electron chi connectivity index (χ0n) is 8.68. The third kappa shape index (κ3) is 1.50. The highest BCUT2D eigenvalue weighted by molar-refractivity contribution is 5.88. The Morgan fingerprint density at radius 3 is 2.62 bits per heavy atom. The Hall–Kier alpha value is -2.03. The van der Waals surface area contributed by atoms with E-state index in [1.54, 1.807) is 12.4 Å². The van der Waals surface area contributed by atoms with E-state index in [9.17, 15) is 4.79 Å². The first kappa shape index (κ1) is 9.21. The summed E-state index contributed by atoms with van der Waals surface area (Å²) in [4.78, 5) is 19.7. The molecule has 3 nitrogen and oxygen atoms in total. The highest BCUT2D eigenvalue weighted by Gasteiger charge is 2.19. The predicted molar refractivity (Wildman–Crippen MR) is 59.9 cm³/mol. The van der Waals surface area contributed by atoms with E-state index < -0.39 is 0 Å². The van der Waals surface area contributed by atoms with Crippen LogP contribution in [-0.4, -0.2) is 15.8 Å². The fourth-order valence-electron chi connectivity index (χ4n) is 2.02. The molecule has 0 N–H and O–H groups in total. The third-order valence-electron chi connectivity index (χ3n) is 2.83. The molecule has 1 aliphatic rings. The maximum Gasteiger partial charge on any atom is 0.141 e. The summed E-state index contributed by atoms with van der Waals surface area (Å²) in [6, 6.07) is 5.85. The van der Waals surface area contributed by atoms with Crippen LogP contribution in [0.25, 0.3) is 11.3 Å². The molecule has 0 spiro atoms. The molecule has 1 aliphatic carbocycles. The molecule has 3 heteroatoms. The van der Waals surface area contributed by atoms with E-state index in [1.807, 2.05) is 24.4 Å². The number of carbonyl (C=O) groups is 1. The van der Waals surface area contributed by atoms with Gasteiger partial charge in [-0.05, 0) is 29.3 Å². The van der Waals surface area contributed by atoms with Crippen LogP contribution in [0.2, 0.25) is 0 Å². The van der Waals surface area contributed by atoms with Crippen LogP contribution in [0.1, 0.15) is 11.1 Å². The molecule has 3 rings (SSSR count). The second-order valence-corrected chi connectivity index (χ2v) is 3.97. The van der Waals surface area contributed by atoms with Crippen LogP contribution >= 0.6 is 0 Å². The summed E-state index contributed by atoms with van der Waals surface area (Å²) < 4.78 is 0. The SMILES string of the molecule is O=C1Cc2cnc(-c3ccncc3)cc2C1. The molecule has 0 aliphatic heterocycles. The second-order valence-electron chi connectivity index (χ2n) is 3.97. The van der Waals surface area contributed by atoms with E-state index in [2.05, 4.69) is 9.97 Å². The van der Waals surface area contributed by atoms with E-state index in [-0.39, 0.29) is 5.78 Å². The minimum Gasteiger partial charge on any atom is -0.299 e. The Kier molecular flexibility index (Phi) is 2.03. The Morgan fingerprint density at radius 2 is 1.81 bits per heavy atom. The molecule has 2 aromatic rings. The van der Waals surface area contributed by atoms with Crippen LogP contribution in [0.15, 0.2) is 36.8 Å². The van der Waals surface area contributed by atoms with Gasteiger partial charge in [0.1, 0.15) is 5.78 Å². The lowest BCUT2D eigenvalue weighted by Gasteiger charge is -2.02. The van der Waals surface area contributed by atoms with Gasteiger partial charge in [-0.15, -0.1) is 0 Å². The Bertz CT molecular complexity index is 549. The second kappa shape index (κ2) is 3.52. The standard InChI is InChI=1S/C13H10N2O/c16-12-5-10-7-13(15-8-11(10)6-12)9-1-3-14-4-2-9/h1-4,7-8H,5-6H2. The lowest BCUT2D eigenvalue weighted by molar-refractivity contribution is -0.117. The van der Waals surface area contributed by atoms with Gasteiger partial charge in [0.2, 0.25) is 0 Å². The summed E-state index contributed by atoms with van der Waals surface area (Å²) >= 11 is 0. The summed E-state index contributed by atoms with van der Waals surface area (Å²) in [6.07, 6.45) is 6.40. The van der Waals surface area contributed by atoms with Gasteiger partial charge in [0.15, 0.2) is 0 Å². The first-order valence-corrected chi connectivity index (χ1v) is 5.23. The van der Waals surface area contributed by atoms with Gasteiger partial charge in [-0.2, -0.15) is 0 Å². The number of Topliss-reactive ketones (excluding diaryl/α,β-unsaturated/α-hetero) is 1. The summed E-state index contributed by atoms with van der Waals surface area (Å²) in [6.45, 7) is 0. The largest absolute Gasteiger partial charge is 0.299 e. The van der Waals surface area contributed by atoms with E-state index >= 15 is 0 Å². The third-order valence-corrected chi connectivity index (χ3v) is 2.83. The van der Waals surface area contributed by atoms with Crippen LogP contribution in [0.5, 0.6) is 0 Å². The quantitative estimate of drug-likeness (QED) is 0.721. The minimum absolute atomic E-state index is 0.281. The number of nitrogens with zero attached hydrogens (tertiary/aromatic N) is 2. The van der Waals surface area contributed by atoms with E-state index in [1.165, 1.54) is 0 Å². The molecular formula is C13H10N2O. The van der Waals surface area contributed by atoms with E-state index in [0.717, 1.165) is 22.4 Å². The van der Waals surface area contributed by atoms with Gasteiger partial charge in [-0.25, -0.2) is 0 Å². The average Bonchev–Trinajstić information content (AvgIpc) is 2.69. The molecule has 0 atom stereocenters. The van der Waals surface area contributed by atoms with Crippen molar-refractivity contribution in [3.05, 3.63) is 47.9 Å². The molecule has 0 saturated heterocycles. The Balaban J connectivity index is 2.06. The van der Waals surface area contributed by atoms with Gasteiger partial charge >= 0.3 is 0 Å². The molecule has 78 valence electrons. The summed E-state index contributed by atoms with van der Waals surface area (Å²) in [5.74, 6) is 0.281. The zero-order chi connectivity index (χ0) is 11.0. The monoisotopic (exact) mass is 210 g/mol. The molecule has 2 aromatic heterocycles. The molecule has 16 heavy (non-hydrogen) atoms. The van der Waals surface area contributed by atoms with Crippen molar-refractivity contribution in [2.24, 2.45) is 0 Å². The van der Waals surface area contributed by atoms with Crippen molar-refractivity contribution in [3.63, 3.8) is 0 Å². The van der Waals surface area contributed by atoms with Crippen molar-refractivity contribution in [1.29, 1.82) is 0 Å². The Morgan fingerprint density at radius 1 is 1.06 bits per heavy atom. The number of fused-ring (bicyclic) bond motifs is 1. The van der Waals surface area contributed by atoms with Gasteiger partial charge in [0, 0.05) is 37.0 Å². The van der Waals surface area contributed by atoms with Crippen LogP contribution < -0.4 is 0 Å². The van der Waals surface area contributed by atoms with Crippen molar-refractivity contribution in [1.82, 2.24) is 9.97 Å². The van der Waals surface area contributed by atoms with Crippen LogP contribution in [0.4, 0.5) is 0 Å². The first-order chi connectivity index (χ1) is 7.83. The highest BCUT2D eigenvalue weighted by Crippen LogP contribution is 2.24. The van der Waals surface area contributed by atoms with Crippen molar-refractivity contribution < 1.29 is 4.79 Å². The summed E-state index contributed by atoms with van der Waals surface area (Å²) in [5.41, 5.74) is 4.14. The smallest absolute Gasteiger partial charge is 0.141 e. The zero-order valence-corrected chi connectivity index (χ0v) is 8.68. The van der Waals surface area contributed by atoms with Crippen molar-refractivity contribution in [2.45, 2.75) is 12.8 Å². The average molecular weight is 210 g/mol. The molecule has 0 radical (unpaired) electrons. The van der Waals surface area contributed by atoms with Crippen molar-refractivity contribution in [2.75, 3.05) is 0 Å². The van der Waals surface area contributed by atoms with Gasteiger partial charge in [0.25, 0.3) is 0 Å². The fourth-order valence-corrected chi connectivity index (χ4v) is 2.02. The number of pyridine rings is 2. The van der Waals surface area contributed by atoms with Gasteiger partial charge in [-0.3, -0.25) is 14.8 Å². The van der Waals surface area contributed by atoms with Crippen LogP contribution in [-0.2, 0) is 17.6 Å². The Labute approximate surface area is 93.2 Å². The lowest BCUT2D eigenvalue weighted by atomic mass is 10.1. The van der Waals surface area contributed by atoms with Crippen molar-refractivity contribution in [3.8, 4) is 11.3 Å². The highest BCUT2D eigenvalue weighted by atomic mass is 16.1. The molecule has 0 bridgehead atoms. The molecule has 0 aromatic carbocycles. The van der Waals surface area contributed by atoms with Gasteiger partial charge in [-0.1, -0.05) is 0 Å². The number of carbonyl (C=O) groups excluding carboxylic acids is 1. The van der Waals surface area contributed by atoms with Gasteiger partial charge < -0.3 is 0 Å². The van der Waals surface area contributed by atoms with E-state index in [4.69, 9.17) is 0 Å². The maximum atomic E-state index is 11.3. The van der Waals surface area contributed by atoms with Crippen molar-refractivity contribution >= 4 is 5.78 Å². The normalized spacial score (nSPS) is 13.9. The number of hydrogen-bond acceptors (Lipinski definition) is 3. The number of hydrogen-bond donors (Lipinski definition) is 0. The molecular weight excluding hydrogens is 200 g/mol. The fraction of sp³-hybridized carbons (Fsp3) is 0.154. The topological polar surface area (TPSA) is 42.9 Å². The molecule has 2 heterocycles. The minimum atomic E-state index is 0.281. The lowest BCUT2D eigenvalue weighted by Crippen LogP contribution is -1.92. The summed E-state index contributed by atoms with van der Waals surface area (Å²) in [7, 11) is 0. The molecule has 0 amide bonds. The van der Waals surface area contributed by atoms with Crippen LogP contribution in [0, 0.1) is 0 Å². The van der Waals surface area contributed by atoms with Gasteiger partial charge in [0.05, 0.1) is 5.69 Å². The summed E-state index contributed by atoms with van der Waals surface area (Å²) in [5, 5.41) is 0. The predicted octanol–water partition coefficient (Wildman–Crippen LogP) is 1.81. The molecule has 0 saturated carbocycles. The van der Waals surface area contributed by atoms with E-state index in [0.29, 0.717) is 12.8 Å². The number of aromatic nitrogens is 2. The maximum absolute atomic E-state index is 11.3. The first-order valence-electron chi connectivity index (χ1n) is 5.23. The van der Waals surface area contributed by atoms with Crippen LogP contribution in [0.3, 0.4) is 0 Å². The number of ketones is 1. The molecule has 0 unspecified atom stereocenters. The molecule has 0 fully saturated rings. The number of rotatable bonds is 1.